The minimum Gasteiger partial charge on any atom is -0.497 e. The van der Waals surface area contributed by atoms with Gasteiger partial charge < -0.3 is 29.9 Å². The Balaban J connectivity index is 1.61. The van der Waals surface area contributed by atoms with Crippen molar-refractivity contribution in [3.05, 3.63) is 70.2 Å². The Kier molecular flexibility index (Phi) is 11.1. The molecule has 0 bridgehead atoms. The number of anilines is 2. The van der Waals surface area contributed by atoms with E-state index in [0.29, 0.717) is 37.6 Å². The first-order chi connectivity index (χ1) is 19.4. The molecule has 1 aromatic carbocycles. The van der Waals surface area contributed by atoms with Crippen molar-refractivity contribution >= 4 is 40.7 Å². The van der Waals surface area contributed by atoms with Gasteiger partial charge in [0.25, 0.3) is 5.91 Å². The standard InChI is InChI=1S/C29H38N6O5S/c1-29(2,3)40-28(38)33-25-19-41-18-24(25)32-26(36)23-12-9-21(16-30-23)17-35(14-13-34(4)5)27(37)31-15-20-7-10-22(39-6)11-8-20/h7-12,16,18-19H,13-15,17H2,1-6H3,(H,31,37)(H,32,36)(H,33,38). The van der Waals surface area contributed by atoms with Crippen molar-refractivity contribution < 1.29 is 23.9 Å². The molecule has 0 aliphatic carbocycles. The molecular formula is C29H38N6O5S. The van der Waals surface area contributed by atoms with Gasteiger partial charge in [0.05, 0.1) is 18.5 Å². The van der Waals surface area contributed by atoms with Gasteiger partial charge in [-0.25, -0.2) is 9.59 Å². The van der Waals surface area contributed by atoms with Crippen LogP contribution in [0.3, 0.4) is 0 Å². The number of rotatable bonds is 11. The van der Waals surface area contributed by atoms with Gasteiger partial charge in [-0.2, -0.15) is 0 Å². The molecule has 2 heterocycles. The van der Waals surface area contributed by atoms with Crippen LogP contribution < -0.4 is 20.7 Å². The topological polar surface area (TPSA) is 125 Å². The largest absolute Gasteiger partial charge is 0.497 e. The van der Waals surface area contributed by atoms with E-state index < -0.39 is 17.6 Å². The third kappa shape index (κ3) is 10.4. The number of carbonyl (C=O) groups excluding carboxylic acids is 3. The Morgan fingerprint density at radius 2 is 1.59 bits per heavy atom. The van der Waals surface area contributed by atoms with E-state index in [4.69, 9.17) is 9.47 Å². The lowest BCUT2D eigenvalue weighted by Crippen LogP contribution is -2.42. The van der Waals surface area contributed by atoms with Crippen LogP contribution in [0.1, 0.15) is 42.4 Å². The molecule has 0 radical (unpaired) electrons. The monoisotopic (exact) mass is 582 g/mol. The summed E-state index contributed by atoms with van der Waals surface area (Å²) in [7, 11) is 5.51. The molecule has 0 aliphatic heterocycles. The van der Waals surface area contributed by atoms with E-state index >= 15 is 0 Å². The normalized spacial score (nSPS) is 11.1. The van der Waals surface area contributed by atoms with Gasteiger partial charge in [0.2, 0.25) is 0 Å². The second-order valence-electron chi connectivity index (χ2n) is 10.6. The van der Waals surface area contributed by atoms with Gasteiger partial charge >= 0.3 is 12.1 Å². The summed E-state index contributed by atoms with van der Waals surface area (Å²) in [5, 5.41) is 11.8. The number of thiophene rings is 1. The average Bonchev–Trinajstić information content (AvgIpc) is 3.34. The Hall–Kier alpha value is -4.16. The second kappa shape index (κ2) is 14.5. The summed E-state index contributed by atoms with van der Waals surface area (Å²) in [5.41, 5.74) is 2.18. The number of likely N-dealkylation sites (N-methyl/N-ethyl adjacent to an activating group) is 1. The average molecular weight is 583 g/mol. The van der Waals surface area contributed by atoms with Crippen molar-refractivity contribution in [1.82, 2.24) is 20.1 Å². The lowest BCUT2D eigenvalue weighted by molar-refractivity contribution is 0.0635. The number of nitrogens with one attached hydrogen (secondary N) is 3. The van der Waals surface area contributed by atoms with Crippen LogP contribution in [0.5, 0.6) is 5.75 Å². The lowest BCUT2D eigenvalue weighted by Gasteiger charge is -2.25. The van der Waals surface area contributed by atoms with Gasteiger partial charge in [0.1, 0.15) is 17.0 Å². The molecule has 4 amide bonds. The molecule has 0 unspecified atom stereocenters. The highest BCUT2D eigenvalue weighted by molar-refractivity contribution is 7.09. The summed E-state index contributed by atoms with van der Waals surface area (Å²) in [6.07, 6.45) is 0.975. The third-order valence-corrected chi connectivity index (χ3v) is 6.43. The summed E-state index contributed by atoms with van der Waals surface area (Å²) in [4.78, 5) is 46.1. The second-order valence-corrected chi connectivity index (χ2v) is 11.3. The maximum absolute atomic E-state index is 13.0. The molecule has 3 rings (SSSR count). The zero-order valence-electron chi connectivity index (χ0n) is 24.3. The van der Waals surface area contributed by atoms with Crippen LogP contribution in [-0.2, 0) is 17.8 Å². The molecule has 0 atom stereocenters. The fourth-order valence-corrected chi connectivity index (χ4v) is 4.28. The number of pyridine rings is 1. The number of benzene rings is 1. The van der Waals surface area contributed by atoms with Crippen LogP contribution in [0.4, 0.5) is 21.0 Å². The molecule has 2 aromatic heterocycles. The third-order valence-electron chi connectivity index (χ3n) is 5.68. The van der Waals surface area contributed by atoms with E-state index in [1.165, 1.54) is 11.3 Å². The van der Waals surface area contributed by atoms with Crippen molar-refractivity contribution in [2.45, 2.75) is 39.5 Å². The first kappa shape index (κ1) is 31.4. The summed E-state index contributed by atoms with van der Waals surface area (Å²) in [5.74, 6) is 0.328. The smallest absolute Gasteiger partial charge is 0.412 e. The van der Waals surface area contributed by atoms with E-state index in [2.05, 4.69) is 20.9 Å². The van der Waals surface area contributed by atoms with E-state index in [-0.39, 0.29) is 11.7 Å². The summed E-state index contributed by atoms with van der Waals surface area (Å²) in [6, 6.07) is 10.7. The Morgan fingerprint density at radius 1 is 0.927 bits per heavy atom. The number of urea groups is 1. The van der Waals surface area contributed by atoms with Crippen LogP contribution in [0.25, 0.3) is 0 Å². The number of aromatic nitrogens is 1. The molecule has 3 N–H and O–H groups in total. The van der Waals surface area contributed by atoms with Crippen molar-refractivity contribution in [3.63, 3.8) is 0 Å². The molecular weight excluding hydrogens is 544 g/mol. The van der Waals surface area contributed by atoms with Gasteiger partial charge in [0.15, 0.2) is 0 Å². The van der Waals surface area contributed by atoms with Crippen LogP contribution in [0.2, 0.25) is 0 Å². The number of carbonyl (C=O) groups is 3. The van der Waals surface area contributed by atoms with Gasteiger partial charge in [-0.3, -0.25) is 15.1 Å². The van der Waals surface area contributed by atoms with Crippen molar-refractivity contribution in [1.29, 1.82) is 0 Å². The molecule has 0 aliphatic rings. The Labute approximate surface area is 244 Å². The fourth-order valence-electron chi connectivity index (χ4n) is 3.57. The van der Waals surface area contributed by atoms with Crippen LogP contribution in [-0.4, -0.2) is 72.7 Å². The Bertz CT molecular complexity index is 1300. The molecule has 0 fully saturated rings. The highest BCUT2D eigenvalue weighted by atomic mass is 32.1. The Morgan fingerprint density at radius 3 is 2.17 bits per heavy atom. The van der Waals surface area contributed by atoms with Crippen molar-refractivity contribution in [2.24, 2.45) is 0 Å². The van der Waals surface area contributed by atoms with Crippen LogP contribution in [0, 0.1) is 0 Å². The van der Waals surface area contributed by atoms with Gasteiger partial charge in [-0.15, -0.1) is 11.3 Å². The van der Waals surface area contributed by atoms with Crippen molar-refractivity contribution in [3.8, 4) is 5.75 Å². The minimum atomic E-state index is -0.644. The highest BCUT2D eigenvalue weighted by Gasteiger charge is 2.19. The maximum Gasteiger partial charge on any atom is 0.412 e. The number of hydrogen-bond acceptors (Lipinski definition) is 8. The molecule has 0 saturated heterocycles. The van der Waals surface area contributed by atoms with Crippen molar-refractivity contribution in [2.75, 3.05) is 44.9 Å². The van der Waals surface area contributed by atoms with Gasteiger partial charge in [-0.05, 0) is 64.2 Å². The van der Waals surface area contributed by atoms with E-state index in [1.54, 1.807) is 61.9 Å². The van der Waals surface area contributed by atoms with Crippen LogP contribution in [0.15, 0.2) is 53.4 Å². The lowest BCUT2D eigenvalue weighted by atomic mass is 10.2. The number of methoxy groups -OCH3 is 1. The zero-order valence-corrected chi connectivity index (χ0v) is 25.1. The minimum absolute atomic E-state index is 0.201. The highest BCUT2D eigenvalue weighted by Crippen LogP contribution is 2.27. The predicted molar refractivity (Wildman–Crippen MR) is 161 cm³/mol. The summed E-state index contributed by atoms with van der Waals surface area (Å²) in [6.45, 7) is 7.22. The van der Waals surface area contributed by atoms with Crippen LogP contribution >= 0.6 is 11.3 Å². The SMILES string of the molecule is COc1ccc(CNC(=O)N(CCN(C)C)Cc2ccc(C(=O)Nc3cscc3NC(=O)OC(C)(C)C)nc2)cc1. The molecule has 11 nitrogen and oxygen atoms in total. The number of amides is 4. The first-order valence-electron chi connectivity index (χ1n) is 13.1. The van der Waals surface area contributed by atoms with Gasteiger partial charge in [-0.1, -0.05) is 18.2 Å². The summed E-state index contributed by atoms with van der Waals surface area (Å²) >= 11 is 1.33. The molecule has 220 valence electrons. The molecule has 12 heteroatoms. The molecule has 0 spiro atoms. The zero-order chi connectivity index (χ0) is 30.0. The predicted octanol–water partition coefficient (Wildman–Crippen LogP) is 5.02. The quantitative estimate of drug-likeness (QED) is 0.290. The summed E-state index contributed by atoms with van der Waals surface area (Å²) < 4.78 is 10.5. The van der Waals surface area contributed by atoms with E-state index in [9.17, 15) is 14.4 Å². The van der Waals surface area contributed by atoms with E-state index in [1.807, 2.05) is 43.3 Å². The van der Waals surface area contributed by atoms with E-state index in [0.717, 1.165) is 16.9 Å². The van der Waals surface area contributed by atoms with Gasteiger partial charge in [0, 0.05) is 43.1 Å². The molecule has 41 heavy (non-hydrogen) atoms. The first-order valence-corrected chi connectivity index (χ1v) is 14.0. The molecule has 0 saturated carbocycles. The number of hydrogen-bond donors (Lipinski definition) is 3. The fraction of sp³-hybridized carbons (Fsp3) is 0.379. The maximum atomic E-state index is 13.0. The number of ether oxygens (including phenoxy) is 2. The molecule has 3 aromatic rings. The number of nitrogens with zero attached hydrogens (tertiary/aromatic N) is 3.